The van der Waals surface area contributed by atoms with Gasteiger partial charge in [0.2, 0.25) is 0 Å². The minimum Gasteiger partial charge on any atom is -0.382 e. The van der Waals surface area contributed by atoms with Gasteiger partial charge in [-0.1, -0.05) is 11.6 Å². The van der Waals surface area contributed by atoms with E-state index < -0.39 is 0 Å². The van der Waals surface area contributed by atoms with Crippen LogP contribution in [0, 0.1) is 11.8 Å². The number of anilines is 1. The monoisotopic (exact) mass is 236 g/mol. The molecule has 0 aliphatic rings. The zero-order valence-corrected chi connectivity index (χ0v) is 9.27. The SMILES string of the molecule is Cc1nn(-c2ccc(Cl)cc2)c(N)c1N=O. The second-order valence-electron chi connectivity index (χ2n) is 3.30. The van der Waals surface area contributed by atoms with E-state index in [1.165, 1.54) is 4.68 Å². The first kappa shape index (κ1) is 10.6. The Bertz CT molecular complexity index is 532. The molecule has 0 atom stereocenters. The van der Waals surface area contributed by atoms with Gasteiger partial charge in [-0.05, 0) is 36.4 Å². The summed E-state index contributed by atoms with van der Waals surface area (Å²) in [5.74, 6) is 0.231. The Hall–Kier alpha value is -1.88. The Morgan fingerprint density at radius 3 is 2.50 bits per heavy atom. The van der Waals surface area contributed by atoms with Gasteiger partial charge >= 0.3 is 0 Å². The number of rotatable bonds is 2. The summed E-state index contributed by atoms with van der Waals surface area (Å²) >= 11 is 5.77. The number of aryl methyl sites for hydroxylation is 1. The topological polar surface area (TPSA) is 73.3 Å². The van der Waals surface area contributed by atoms with Crippen molar-refractivity contribution in [1.82, 2.24) is 9.78 Å². The number of nitroso groups, excluding NO2 is 1. The van der Waals surface area contributed by atoms with E-state index in [1.54, 1.807) is 31.2 Å². The molecular formula is C10H9ClN4O. The zero-order chi connectivity index (χ0) is 11.7. The van der Waals surface area contributed by atoms with E-state index in [0.717, 1.165) is 5.69 Å². The van der Waals surface area contributed by atoms with Crippen LogP contribution in [0.2, 0.25) is 5.02 Å². The third-order valence-electron chi connectivity index (χ3n) is 2.23. The summed E-state index contributed by atoms with van der Waals surface area (Å²) in [7, 11) is 0. The van der Waals surface area contributed by atoms with Crippen molar-refractivity contribution in [2.75, 3.05) is 5.73 Å². The molecule has 0 spiro atoms. The quantitative estimate of drug-likeness (QED) is 0.815. The normalized spacial score (nSPS) is 10.4. The van der Waals surface area contributed by atoms with Crippen molar-refractivity contribution < 1.29 is 0 Å². The molecule has 0 aliphatic heterocycles. The molecule has 0 saturated carbocycles. The Morgan fingerprint density at radius 2 is 2.00 bits per heavy atom. The molecule has 2 aromatic rings. The van der Waals surface area contributed by atoms with Crippen LogP contribution in [0.15, 0.2) is 29.4 Å². The Kier molecular flexibility index (Phi) is 2.62. The second-order valence-corrected chi connectivity index (χ2v) is 3.74. The van der Waals surface area contributed by atoms with Crippen molar-refractivity contribution >= 4 is 23.1 Å². The lowest BCUT2D eigenvalue weighted by Gasteiger charge is -2.03. The lowest BCUT2D eigenvalue weighted by molar-refractivity contribution is 0.872. The number of aromatic nitrogens is 2. The molecule has 2 rings (SSSR count). The molecule has 0 unspecified atom stereocenters. The highest BCUT2D eigenvalue weighted by molar-refractivity contribution is 6.30. The third kappa shape index (κ3) is 1.65. The summed E-state index contributed by atoms with van der Waals surface area (Å²) in [5, 5.41) is 7.61. The van der Waals surface area contributed by atoms with Gasteiger partial charge < -0.3 is 5.73 Å². The maximum atomic E-state index is 10.5. The smallest absolute Gasteiger partial charge is 0.172 e. The summed E-state index contributed by atoms with van der Waals surface area (Å²) in [4.78, 5) is 10.5. The van der Waals surface area contributed by atoms with Gasteiger partial charge in [-0.2, -0.15) is 5.10 Å². The van der Waals surface area contributed by atoms with Gasteiger partial charge in [0.25, 0.3) is 0 Å². The molecule has 82 valence electrons. The molecule has 0 amide bonds. The average molecular weight is 237 g/mol. The Morgan fingerprint density at radius 1 is 1.38 bits per heavy atom. The number of hydrogen-bond acceptors (Lipinski definition) is 4. The molecule has 0 aliphatic carbocycles. The maximum absolute atomic E-state index is 10.5. The highest BCUT2D eigenvalue weighted by atomic mass is 35.5. The summed E-state index contributed by atoms with van der Waals surface area (Å²) in [6.45, 7) is 1.68. The van der Waals surface area contributed by atoms with Crippen molar-refractivity contribution in [3.05, 3.63) is 39.9 Å². The highest BCUT2D eigenvalue weighted by Crippen LogP contribution is 2.28. The van der Waals surface area contributed by atoms with Crippen LogP contribution in [0.4, 0.5) is 11.5 Å². The maximum Gasteiger partial charge on any atom is 0.172 e. The van der Waals surface area contributed by atoms with E-state index in [4.69, 9.17) is 17.3 Å². The standard InChI is InChI=1S/C10H9ClN4O/c1-6-9(14-16)10(12)15(13-6)8-4-2-7(11)3-5-8/h2-5H,12H2,1H3. The lowest BCUT2D eigenvalue weighted by atomic mass is 10.3. The molecule has 1 aromatic carbocycles. The van der Waals surface area contributed by atoms with Gasteiger partial charge in [-0.15, -0.1) is 4.91 Å². The first-order chi connectivity index (χ1) is 7.63. The summed E-state index contributed by atoms with van der Waals surface area (Å²) < 4.78 is 1.46. The van der Waals surface area contributed by atoms with Crippen LogP contribution in [0.5, 0.6) is 0 Å². The van der Waals surface area contributed by atoms with Gasteiger partial charge in [0.1, 0.15) is 0 Å². The lowest BCUT2D eigenvalue weighted by Crippen LogP contribution is -2.01. The number of benzene rings is 1. The number of nitrogen functional groups attached to an aromatic ring is 1. The van der Waals surface area contributed by atoms with E-state index in [-0.39, 0.29) is 11.5 Å². The summed E-state index contributed by atoms with van der Waals surface area (Å²) in [6, 6.07) is 6.97. The first-order valence-electron chi connectivity index (χ1n) is 4.58. The van der Waals surface area contributed by atoms with Gasteiger partial charge in [0.05, 0.1) is 11.4 Å². The van der Waals surface area contributed by atoms with Crippen LogP contribution in [0.3, 0.4) is 0 Å². The largest absolute Gasteiger partial charge is 0.382 e. The molecule has 5 nitrogen and oxygen atoms in total. The van der Waals surface area contributed by atoms with Crippen LogP contribution in [0.1, 0.15) is 5.69 Å². The molecule has 2 N–H and O–H groups in total. The first-order valence-corrected chi connectivity index (χ1v) is 4.95. The van der Waals surface area contributed by atoms with E-state index in [2.05, 4.69) is 10.3 Å². The van der Waals surface area contributed by atoms with Crippen molar-refractivity contribution in [3.63, 3.8) is 0 Å². The zero-order valence-electron chi connectivity index (χ0n) is 8.51. The van der Waals surface area contributed by atoms with E-state index in [0.29, 0.717) is 10.7 Å². The molecule has 1 heterocycles. The fourth-order valence-electron chi connectivity index (χ4n) is 1.43. The van der Waals surface area contributed by atoms with Gasteiger partial charge in [0, 0.05) is 5.02 Å². The highest BCUT2D eigenvalue weighted by Gasteiger charge is 2.13. The Labute approximate surface area is 96.8 Å². The van der Waals surface area contributed by atoms with E-state index in [1.807, 2.05) is 0 Å². The van der Waals surface area contributed by atoms with Gasteiger partial charge in [-0.3, -0.25) is 0 Å². The van der Waals surface area contributed by atoms with Crippen LogP contribution in [-0.2, 0) is 0 Å². The second kappa shape index (κ2) is 3.94. The predicted octanol–water partition coefficient (Wildman–Crippen LogP) is 2.81. The number of halogens is 1. The molecule has 6 heteroatoms. The molecular weight excluding hydrogens is 228 g/mol. The third-order valence-corrected chi connectivity index (χ3v) is 2.48. The summed E-state index contributed by atoms with van der Waals surface area (Å²) in [6.07, 6.45) is 0. The number of nitrogens with zero attached hydrogens (tertiary/aromatic N) is 3. The van der Waals surface area contributed by atoms with Crippen molar-refractivity contribution in [3.8, 4) is 5.69 Å². The van der Waals surface area contributed by atoms with Crippen LogP contribution in [-0.4, -0.2) is 9.78 Å². The predicted molar refractivity (Wildman–Crippen MR) is 63.2 cm³/mol. The summed E-state index contributed by atoms with van der Waals surface area (Å²) in [5.41, 5.74) is 7.17. The van der Waals surface area contributed by atoms with E-state index in [9.17, 15) is 4.91 Å². The molecule has 1 aromatic heterocycles. The minimum absolute atomic E-state index is 0.176. The average Bonchev–Trinajstić information content (AvgIpc) is 2.55. The number of hydrogen-bond donors (Lipinski definition) is 1. The van der Waals surface area contributed by atoms with Crippen LogP contribution in [0.25, 0.3) is 5.69 Å². The van der Waals surface area contributed by atoms with Crippen molar-refractivity contribution in [1.29, 1.82) is 0 Å². The molecule has 0 fully saturated rings. The number of nitrogens with two attached hydrogens (primary N) is 1. The van der Waals surface area contributed by atoms with Crippen molar-refractivity contribution in [2.24, 2.45) is 5.18 Å². The molecule has 0 radical (unpaired) electrons. The molecule has 16 heavy (non-hydrogen) atoms. The molecule has 0 bridgehead atoms. The fourth-order valence-corrected chi connectivity index (χ4v) is 1.55. The van der Waals surface area contributed by atoms with Crippen LogP contribution < -0.4 is 5.73 Å². The van der Waals surface area contributed by atoms with Crippen molar-refractivity contribution in [2.45, 2.75) is 6.92 Å². The minimum atomic E-state index is 0.176. The Balaban J connectivity index is 2.56. The van der Waals surface area contributed by atoms with Gasteiger partial charge in [0.15, 0.2) is 11.5 Å². The fraction of sp³-hybridized carbons (Fsp3) is 0.100. The molecule has 0 saturated heterocycles. The van der Waals surface area contributed by atoms with E-state index >= 15 is 0 Å². The van der Waals surface area contributed by atoms with Gasteiger partial charge in [-0.25, -0.2) is 4.68 Å². The van der Waals surface area contributed by atoms with Crippen LogP contribution >= 0.6 is 11.6 Å².